The molecule has 4 aromatic rings. The lowest BCUT2D eigenvalue weighted by Gasteiger charge is -2.15. The highest BCUT2D eigenvalue weighted by Gasteiger charge is 2.15. The van der Waals surface area contributed by atoms with Gasteiger partial charge in [0, 0.05) is 49.2 Å². The smallest absolute Gasteiger partial charge is 0.123 e. The van der Waals surface area contributed by atoms with Crippen molar-refractivity contribution in [3.8, 4) is 16.9 Å². The van der Waals surface area contributed by atoms with Gasteiger partial charge in [0.15, 0.2) is 0 Å². The Hall–Kier alpha value is -3.25. The van der Waals surface area contributed by atoms with Crippen LogP contribution in [0.4, 0.5) is 4.39 Å². The van der Waals surface area contributed by atoms with Crippen molar-refractivity contribution in [2.45, 2.75) is 20.0 Å². The third kappa shape index (κ3) is 4.43. The molecule has 0 unspecified atom stereocenters. The maximum absolute atomic E-state index is 13.9. The van der Waals surface area contributed by atoms with Gasteiger partial charge in [-0.2, -0.15) is 10.2 Å². The van der Waals surface area contributed by atoms with E-state index in [2.05, 4.69) is 36.1 Å². The molecule has 29 heavy (non-hydrogen) atoms. The third-order valence-corrected chi connectivity index (χ3v) is 4.81. The average molecular weight is 389 g/mol. The van der Waals surface area contributed by atoms with E-state index < -0.39 is 0 Å². The second-order valence-electron chi connectivity index (χ2n) is 7.49. The number of hydrogen-bond acceptors (Lipinski definition) is 3. The van der Waals surface area contributed by atoms with E-state index in [9.17, 15) is 4.39 Å². The molecule has 0 amide bonds. The van der Waals surface area contributed by atoms with Crippen LogP contribution in [0.1, 0.15) is 16.7 Å². The van der Waals surface area contributed by atoms with Crippen LogP contribution in [0.15, 0.2) is 67.1 Å². The molecule has 2 heterocycles. The quantitative estimate of drug-likeness (QED) is 0.492. The minimum absolute atomic E-state index is 0.262. The van der Waals surface area contributed by atoms with Gasteiger partial charge in [0.1, 0.15) is 5.82 Å². The average Bonchev–Trinajstić information content (AvgIpc) is 3.28. The largest absolute Gasteiger partial charge is 0.298 e. The van der Waals surface area contributed by atoms with Crippen LogP contribution in [0.25, 0.3) is 16.9 Å². The predicted octanol–water partition coefficient (Wildman–Crippen LogP) is 4.35. The monoisotopic (exact) mass is 389 g/mol. The lowest BCUT2D eigenvalue weighted by molar-refractivity contribution is 0.319. The van der Waals surface area contributed by atoms with E-state index in [1.165, 1.54) is 17.7 Å². The summed E-state index contributed by atoms with van der Waals surface area (Å²) < 4.78 is 17.5. The van der Waals surface area contributed by atoms with E-state index in [0.717, 1.165) is 34.6 Å². The molecule has 0 saturated heterocycles. The summed E-state index contributed by atoms with van der Waals surface area (Å²) in [6.45, 7) is 3.52. The predicted molar refractivity (Wildman–Crippen MR) is 112 cm³/mol. The van der Waals surface area contributed by atoms with Gasteiger partial charge in [0.25, 0.3) is 0 Å². The topological polar surface area (TPSA) is 38.9 Å². The Morgan fingerprint density at radius 1 is 1.03 bits per heavy atom. The van der Waals surface area contributed by atoms with Crippen LogP contribution in [0.5, 0.6) is 0 Å². The van der Waals surface area contributed by atoms with Gasteiger partial charge in [0.05, 0.1) is 17.6 Å². The number of benzene rings is 2. The molecular formula is C23H24FN5. The molecule has 5 nitrogen and oxygen atoms in total. The van der Waals surface area contributed by atoms with Crippen LogP contribution in [-0.4, -0.2) is 31.5 Å². The second kappa shape index (κ2) is 8.01. The molecule has 4 rings (SSSR count). The van der Waals surface area contributed by atoms with Gasteiger partial charge in [0.2, 0.25) is 0 Å². The number of aromatic nitrogens is 4. The summed E-state index contributed by atoms with van der Waals surface area (Å²) in [6, 6.07) is 14.8. The molecule has 0 fully saturated rings. The minimum Gasteiger partial charge on any atom is -0.298 e. The van der Waals surface area contributed by atoms with Gasteiger partial charge in [-0.1, -0.05) is 24.3 Å². The van der Waals surface area contributed by atoms with Crippen molar-refractivity contribution in [2.24, 2.45) is 7.05 Å². The molecule has 0 aliphatic heterocycles. The van der Waals surface area contributed by atoms with Gasteiger partial charge >= 0.3 is 0 Å². The van der Waals surface area contributed by atoms with Gasteiger partial charge in [-0.25, -0.2) is 9.07 Å². The Morgan fingerprint density at radius 2 is 1.86 bits per heavy atom. The Kier molecular flexibility index (Phi) is 5.27. The summed E-state index contributed by atoms with van der Waals surface area (Å²) >= 11 is 0. The molecule has 6 heteroatoms. The Labute approximate surface area is 170 Å². The zero-order chi connectivity index (χ0) is 20.4. The van der Waals surface area contributed by atoms with E-state index in [1.807, 2.05) is 48.5 Å². The Balaban J connectivity index is 1.68. The maximum atomic E-state index is 13.9. The van der Waals surface area contributed by atoms with E-state index in [4.69, 9.17) is 5.10 Å². The van der Waals surface area contributed by atoms with Crippen molar-refractivity contribution in [2.75, 3.05) is 7.05 Å². The van der Waals surface area contributed by atoms with Gasteiger partial charge in [-0.15, -0.1) is 0 Å². The molecule has 0 aliphatic carbocycles. The van der Waals surface area contributed by atoms with Crippen LogP contribution in [0.2, 0.25) is 0 Å². The van der Waals surface area contributed by atoms with Crippen molar-refractivity contribution in [1.29, 1.82) is 0 Å². The first kappa shape index (κ1) is 19.1. The van der Waals surface area contributed by atoms with E-state index in [1.54, 1.807) is 10.7 Å². The number of nitrogens with zero attached hydrogens (tertiary/aromatic N) is 5. The number of hydrogen-bond donors (Lipinski definition) is 0. The summed E-state index contributed by atoms with van der Waals surface area (Å²) in [5.74, 6) is -0.262. The van der Waals surface area contributed by atoms with E-state index in [-0.39, 0.29) is 5.82 Å². The maximum Gasteiger partial charge on any atom is 0.123 e. The molecule has 2 aromatic carbocycles. The SMILES string of the molecule is Cc1cccc(-n2cc(CN(C)Cc3cnn(C)c3)c(-c3cccc(F)c3)n2)c1. The summed E-state index contributed by atoms with van der Waals surface area (Å²) in [7, 11) is 3.98. The van der Waals surface area contributed by atoms with Crippen LogP contribution < -0.4 is 0 Å². The standard InChI is InChI=1S/C23H24FN5/c1-17-6-4-9-22(10-17)29-16-20(15-27(2)13-18-12-25-28(3)14-18)23(26-29)19-7-5-8-21(24)11-19/h4-12,14,16H,13,15H2,1-3H3. The molecule has 0 bridgehead atoms. The zero-order valence-corrected chi connectivity index (χ0v) is 16.9. The van der Waals surface area contributed by atoms with Crippen LogP contribution >= 0.6 is 0 Å². The van der Waals surface area contributed by atoms with Gasteiger partial charge < -0.3 is 0 Å². The zero-order valence-electron chi connectivity index (χ0n) is 16.9. The van der Waals surface area contributed by atoms with Crippen molar-refractivity contribution < 1.29 is 4.39 Å². The minimum atomic E-state index is -0.262. The highest BCUT2D eigenvalue weighted by atomic mass is 19.1. The van der Waals surface area contributed by atoms with E-state index >= 15 is 0 Å². The van der Waals surface area contributed by atoms with Crippen LogP contribution in [-0.2, 0) is 20.1 Å². The molecule has 0 spiro atoms. The Bertz CT molecular complexity index is 1130. The summed E-state index contributed by atoms with van der Waals surface area (Å²) in [5, 5.41) is 9.04. The number of rotatable bonds is 6. The van der Waals surface area contributed by atoms with Crippen molar-refractivity contribution in [3.63, 3.8) is 0 Å². The van der Waals surface area contributed by atoms with Crippen molar-refractivity contribution >= 4 is 0 Å². The molecule has 0 radical (unpaired) electrons. The summed E-state index contributed by atoms with van der Waals surface area (Å²) in [5.41, 5.74) is 5.92. The molecule has 2 aromatic heterocycles. The van der Waals surface area contributed by atoms with Gasteiger partial charge in [-0.05, 0) is 43.8 Å². The number of aryl methyl sites for hydroxylation is 2. The second-order valence-corrected chi connectivity index (χ2v) is 7.49. The molecule has 0 aliphatic rings. The van der Waals surface area contributed by atoms with Gasteiger partial charge in [-0.3, -0.25) is 9.58 Å². The lowest BCUT2D eigenvalue weighted by atomic mass is 10.1. The van der Waals surface area contributed by atoms with Crippen LogP contribution in [0, 0.1) is 12.7 Å². The normalized spacial score (nSPS) is 11.3. The van der Waals surface area contributed by atoms with Crippen molar-refractivity contribution in [1.82, 2.24) is 24.5 Å². The summed E-state index contributed by atoms with van der Waals surface area (Å²) in [6.07, 6.45) is 5.93. The van der Waals surface area contributed by atoms with E-state index in [0.29, 0.717) is 6.54 Å². The first-order valence-electron chi connectivity index (χ1n) is 9.55. The molecule has 148 valence electrons. The lowest BCUT2D eigenvalue weighted by Crippen LogP contribution is -2.17. The first-order valence-corrected chi connectivity index (χ1v) is 9.55. The molecule has 0 N–H and O–H groups in total. The fraction of sp³-hybridized carbons (Fsp3) is 0.217. The fourth-order valence-electron chi connectivity index (χ4n) is 3.52. The molecule has 0 atom stereocenters. The Morgan fingerprint density at radius 3 is 2.59 bits per heavy atom. The first-order chi connectivity index (χ1) is 14.0. The van der Waals surface area contributed by atoms with Crippen molar-refractivity contribution in [3.05, 3.63) is 89.6 Å². The highest BCUT2D eigenvalue weighted by molar-refractivity contribution is 5.63. The molecular weight excluding hydrogens is 365 g/mol. The third-order valence-electron chi connectivity index (χ3n) is 4.81. The summed E-state index contributed by atoms with van der Waals surface area (Å²) in [4.78, 5) is 2.21. The highest BCUT2D eigenvalue weighted by Crippen LogP contribution is 2.26. The fourth-order valence-corrected chi connectivity index (χ4v) is 3.52. The van der Waals surface area contributed by atoms with Crippen LogP contribution in [0.3, 0.4) is 0 Å². The number of halogens is 1. The molecule has 0 saturated carbocycles.